The summed E-state index contributed by atoms with van der Waals surface area (Å²) < 4.78 is 39.3. The second-order valence-corrected chi connectivity index (χ2v) is 6.30. The molecule has 1 atom stereocenters. The lowest BCUT2D eigenvalue weighted by molar-refractivity contribution is -0.134. The van der Waals surface area contributed by atoms with E-state index in [1.807, 2.05) is 6.92 Å². The first-order chi connectivity index (χ1) is 10.8. The van der Waals surface area contributed by atoms with Crippen LogP contribution in [-0.2, 0) is 18.0 Å². The van der Waals surface area contributed by atoms with Gasteiger partial charge in [-0.05, 0) is 13.3 Å². The van der Waals surface area contributed by atoms with Gasteiger partial charge in [-0.3, -0.25) is 14.4 Å². The molecule has 1 aliphatic rings. The summed E-state index contributed by atoms with van der Waals surface area (Å²) in [5, 5.41) is 7.09. The number of halogens is 3. The van der Waals surface area contributed by atoms with Crippen LogP contribution in [0.2, 0.25) is 0 Å². The normalized spacial score (nSPS) is 18.7. The average molecular weight is 345 g/mol. The number of hydrogen-bond donors (Lipinski definition) is 1. The van der Waals surface area contributed by atoms with Gasteiger partial charge in [0.1, 0.15) is 16.7 Å². The van der Waals surface area contributed by atoms with Gasteiger partial charge in [0, 0.05) is 19.7 Å². The number of aryl methyl sites for hydroxylation is 2. The standard InChI is InChI=1S/C13H14F3N5OS/c1-7-5-10(20(2)19-7)21-4-3-8(11(21)22)18-12-17-6-9(23-12)13(14,15)16/h5-6,8H,3-4H2,1-2H3,(H,17,18). The number of carbonyl (C=O) groups excluding carboxylic acids is 1. The van der Waals surface area contributed by atoms with Crippen LogP contribution in [-0.4, -0.2) is 33.3 Å². The van der Waals surface area contributed by atoms with Gasteiger partial charge >= 0.3 is 6.18 Å². The van der Waals surface area contributed by atoms with E-state index in [9.17, 15) is 18.0 Å². The molecule has 23 heavy (non-hydrogen) atoms. The molecule has 1 aliphatic heterocycles. The summed E-state index contributed by atoms with van der Waals surface area (Å²) in [6.45, 7) is 2.31. The number of rotatable bonds is 3. The van der Waals surface area contributed by atoms with E-state index in [1.54, 1.807) is 22.7 Å². The molecule has 2 aromatic heterocycles. The van der Waals surface area contributed by atoms with Crippen LogP contribution in [0.3, 0.4) is 0 Å². The summed E-state index contributed by atoms with van der Waals surface area (Å²) in [6.07, 6.45) is -3.16. The Morgan fingerprint density at radius 2 is 2.17 bits per heavy atom. The molecule has 6 nitrogen and oxygen atoms in total. The van der Waals surface area contributed by atoms with Crippen LogP contribution in [0.1, 0.15) is 17.0 Å². The summed E-state index contributed by atoms with van der Waals surface area (Å²) in [5.74, 6) is 0.476. The molecule has 1 fully saturated rings. The first-order valence-electron chi connectivity index (χ1n) is 6.87. The van der Waals surface area contributed by atoms with E-state index >= 15 is 0 Å². The van der Waals surface area contributed by atoms with Crippen molar-refractivity contribution in [2.24, 2.45) is 7.05 Å². The summed E-state index contributed by atoms with van der Waals surface area (Å²) in [7, 11) is 1.74. The lowest BCUT2D eigenvalue weighted by Gasteiger charge is -2.16. The van der Waals surface area contributed by atoms with E-state index in [0.717, 1.165) is 11.9 Å². The first-order valence-corrected chi connectivity index (χ1v) is 7.69. The van der Waals surface area contributed by atoms with E-state index in [0.29, 0.717) is 30.1 Å². The van der Waals surface area contributed by atoms with Crippen LogP contribution >= 0.6 is 11.3 Å². The van der Waals surface area contributed by atoms with Crippen molar-refractivity contribution in [2.75, 3.05) is 16.8 Å². The Morgan fingerprint density at radius 1 is 1.43 bits per heavy atom. The van der Waals surface area contributed by atoms with E-state index in [4.69, 9.17) is 0 Å². The van der Waals surface area contributed by atoms with Gasteiger partial charge in [0.15, 0.2) is 5.13 Å². The Bertz CT molecular complexity index is 738. The number of nitrogens with zero attached hydrogens (tertiary/aromatic N) is 4. The van der Waals surface area contributed by atoms with Crippen LogP contribution in [0, 0.1) is 6.92 Å². The molecule has 2 aromatic rings. The molecule has 1 amide bonds. The number of hydrogen-bond acceptors (Lipinski definition) is 5. The first kappa shape index (κ1) is 15.8. The van der Waals surface area contributed by atoms with Crippen LogP contribution in [0.15, 0.2) is 12.3 Å². The van der Waals surface area contributed by atoms with E-state index in [2.05, 4.69) is 15.4 Å². The Hall–Kier alpha value is -2.10. The van der Waals surface area contributed by atoms with Crippen molar-refractivity contribution < 1.29 is 18.0 Å². The van der Waals surface area contributed by atoms with Gasteiger partial charge in [0.05, 0.1) is 11.9 Å². The molecule has 10 heteroatoms. The second kappa shape index (κ2) is 5.52. The van der Waals surface area contributed by atoms with Crippen LogP contribution in [0.25, 0.3) is 0 Å². The lowest BCUT2D eigenvalue weighted by atomic mass is 10.2. The highest BCUT2D eigenvalue weighted by molar-refractivity contribution is 7.15. The Kier molecular flexibility index (Phi) is 3.78. The second-order valence-electron chi connectivity index (χ2n) is 5.27. The fourth-order valence-corrected chi connectivity index (χ4v) is 3.25. The lowest BCUT2D eigenvalue weighted by Crippen LogP contribution is -2.34. The Balaban J connectivity index is 1.72. The zero-order valence-electron chi connectivity index (χ0n) is 12.4. The van der Waals surface area contributed by atoms with Crippen LogP contribution < -0.4 is 10.2 Å². The molecule has 0 spiro atoms. The summed E-state index contributed by atoms with van der Waals surface area (Å²) in [5.41, 5.74) is 0.793. The van der Waals surface area contributed by atoms with Gasteiger partial charge in [-0.25, -0.2) is 4.98 Å². The fraction of sp³-hybridized carbons (Fsp3) is 0.462. The van der Waals surface area contributed by atoms with E-state index in [1.165, 1.54) is 0 Å². The molecule has 0 saturated carbocycles. The van der Waals surface area contributed by atoms with Gasteiger partial charge in [0.2, 0.25) is 0 Å². The maximum atomic E-state index is 12.6. The number of nitrogens with one attached hydrogen (secondary N) is 1. The summed E-state index contributed by atoms with van der Waals surface area (Å²) in [6, 6.07) is 1.21. The molecular formula is C13H14F3N5OS. The fourth-order valence-electron chi connectivity index (χ4n) is 2.51. The Labute approximate surface area is 133 Å². The minimum Gasteiger partial charge on any atom is -0.350 e. The minimum atomic E-state index is -4.42. The van der Waals surface area contributed by atoms with Crippen molar-refractivity contribution in [3.8, 4) is 0 Å². The third-order valence-electron chi connectivity index (χ3n) is 3.54. The van der Waals surface area contributed by atoms with Gasteiger partial charge in [-0.2, -0.15) is 18.3 Å². The largest absolute Gasteiger partial charge is 0.427 e. The summed E-state index contributed by atoms with van der Waals surface area (Å²) >= 11 is 0.497. The molecule has 124 valence electrons. The van der Waals surface area contributed by atoms with Crippen molar-refractivity contribution in [3.05, 3.63) is 22.8 Å². The molecule has 3 heterocycles. The van der Waals surface area contributed by atoms with Gasteiger partial charge in [0.25, 0.3) is 5.91 Å². The zero-order valence-corrected chi connectivity index (χ0v) is 13.2. The van der Waals surface area contributed by atoms with E-state index in [-0.39, 0.29) is 11.0 Å². The molecule has 0 bridgehead atoms. The number of anilines is 2. The minimum absolute atomic E-state index is 0.0960. The maximum absolute atomic E-state index is 12.6. The number of alkyl halides is 3. The molecule has 0 radical (unpaired) electrons. The smallest absolute Gasteiger partial charge is 0.350 e. The zero-order chi connectivity index (χ0) is 16.8. The van der Waals surface area contributed by atoms with E-state index < -0.39 is 17.1 Å². The van der Waals surface area contributed by atoms with Crippen molar-refractivity contribution in [3.63, 3.8) is 0 Å². The quantitative estimate of drug-likeness (QED) is 0.928. The molecule has 3 rings (SSSR count). The van der Waals surface area contributed by atoms with Crippen molar-refractivity contribution in [1.29, 1.82) is 0 Å². The number of aromatic nitrogens is 3. The molecule has 1 unspecified atom stereocenters. The molecule has 1 N–H and O–H groups in total. The van der Waals surface area contributed by atoms with Gasteiger partial charge in [-0.15, -0.1) is 0 Å². The van der Waals surface area contributed by atoms with Gasteiger partial charge in [-0.1, -0.05) is 11.3 Å². The molecule has 1 saturated heterocycles. The van der Waals surface area contributed by atoms with Crippen LogP contribution in [0.4, 0.5) is 24.1 Å². The van der Waals surface area contributed by atoms with Crippen molar-refractivity contribution in [1.82, 2.24) is 14.8 Å². The third kappa shape index (κ3) is 3.03. The predicted molar refractivity (Wildman–Crippen MR) is 79.4 cm³/mol. The average Bonchev–Trinajstić information content (AvgIpc) is 3.12. The SMILES string of the molecule is Cc1cc(N2CCC(Nc3ncc(C(F)(F)F)s3)C2=O)n(C)n1. The predicted octanol–water partition coefficient (Wildman–Crippen LogP) is 2.42. The number of thiazole rings is 1. The van der Waals surface area contributed by atoms with Crippen molar-refractivity contribution >= 4 is 28.2 Å². The topological polar surface area (TPSA) is 63.1 Å². The molecule has 0 aromatic carbocycles. The molecule has 0 aliphatic carbocycles. The maximum Gasteiger partial charge on any atom is 0.427 e. The highest BCUT2D eigenvalue weighted by atomic mass is 32.1. The summed E-state index contributed by atoms with van der Waals surface area (Å²) in [4.78, 5) is 16.9. The highest BCUT2D eigenvalue weighted by Crippen LogP contribution is 2.35. The van der Waals surface area contributed by atoms with Crippen LogP contribution in [0.5, 0.6) is 0 Å². The number of amides is 1. The van der Waals surface area contributed by atoms with Gasteiger partial charge < -0.3 is 5.32 Å². The Morgan fingerprint density at radius 3 is 2.74 bits per heavy atom. The number of carbonyl (C=O) groups is 1. The highest BCUT2D eigenvalue weighted by Gasteiger charge is 2.36. The molecular weight excluding hydrogens is 331 g/mol. The third-order valence-corrected chi connectivity index (χ3v) is 4.52. The van der Waals surface area contributed by atoms with Crippen molar-refractivity contribution in [2.45, 2.75) is 25.6 Å². The monoisotopic (exact) mass is 345 g/mol.